The van der Waals surface area contributed by atoms with Crippen LogP contribution < -0.4 is 0 Å². The van der Waals surface area contributed by atoms with Crippen molar-refractivity contribution < 1.29 is 0 Å². The number of hydrogen-bond donors (Lipinski definition) is 2. The Morgan fingerprint density at radius 2 is 2.13 bits per heavy atom. The Kier molecular flexibility index (Phi) is 1.62. The van der Waals surface area contributed by atoms with E-state index in [1.165, 1.54) is 0 Å². The summed E-state index contributed by atoms with van der Waals surface area (Å²) in [5, 5.41) is 7.15. The van der Waals surface area contributed by atoms with Crippen LogP contribution in [0.25, 0.3) is 22.3 Å². The molecule has 74 valence electrons. The maximum Gasteiger partial charge on any atom is 0.0931 e. The second kappa shape index (κ2) is 2.95. The first kappa shape index (κ1) is 8.23. The fraction of sp³-hybridized carbons (Fsp3) is 0.0909. The molecule has 4 nitrogen and oxygen atoms in total. The number of aryl methyl sites for hydroxylation is 1. The summed E-state index contributed by atoms with van der Waals surface area (Å²) in [5.41, 5.74) is 5.13. The van der Waals surface area contributed by atoms with Crippen LogP contribution in [0.4, 0.5) is 0 Å². The molecule has 0 aliphatic heterocycles. The molecule has 3 rings (SSSR count). The zero-order chi connectivity index (χ0) is 10.3. The summed E-state index contributed by atoms with van der Waals surface area (Å²) < 4.78 is 0. The number of H-pyrrole nitrogens is 2. The van der Waals surface area contributed by atoms with Crippen LogP contribution in [0.2, 0.25) is 0 Å². The first-order valence-electron chi connectivity index (χ1n) is 4.78. The largest absolute Gasteiger partial charge is 0.345 e. The molecule has 0 bridgehead atoms. The van der Waals surface area contributed by atoms with E-state index in [0.29, 0.717) is 0 Å². The van der Waals surface area contributed by atoms with Gasteiger partial charge in [0.1, 0.15) is 0 Å². The van der Waals surface area contributed by atoms with Crippen molar-refractivity contribution in [2.75, 3.05) is 0 Å². The SMILES string of the molecule is Cc1cc(-c2ccc3nc[nH]c3c2)n[nH]1. The number of hydrogen-bond acceptors (Lipinski definition) is 2. The van der Waals surface area contributed by atoms with Crippen molar-refractivity contribution in [3.05, 3.63) is 36.3 Å². The van der Waals surface area contributed by atoms with Crippen LogP contribution in [0.1, 0.15) is 5.69 Å². The molecular formula is C11H10N4. The smallest absolute Gasteiger partial charge is 0.0931 e. The van der Waals surface area contributed by atoms with Crippen LogP contribution >= 0.6 is 0 Å². The predicted molar refractivity (Wildman–Crippen MR) is 58.4 cm³/mol. The van der Waals surface area contributed by atoms with Crippen LogP contribution in [0.5, 0.6) is 0 Å². The molecule has 2 N–H and O–H groups in total. The highest BCUT2D eigenvalue weighted by Gasteiger charge is 2.03. The van der Waals surface area contributed by atoms with Gasteiger partial charge in [0.15, 0.2) is 0 Å². The Bertz CT molecular complexity index is 606. The van der Waals surface area contributed by atoms with Crippen molar-refractivity contribution in [2.45, 2.75) is 6.92 Å². The van der Waals surface area contributed by atoms with Gasteiger partial charge < -0.3 is 4.98 Å². The first-order chi connectivity index (χ1) is 7.33. The lowest BCUT2D eigenvalue weighted by atomic mass is 10.1. The molecule has 3 aromatic rings. The third-order valence-corrected chi connectivity index (χ3v) is 2.42. The summed E-state index contributed by atoms with van der Waals surface area (Å²) in [5.74, 6) is 0. The number of benzene rings is 1. The van der Waals surface area contributed by atoms with Gasteiger partial charge in [0.25, 0.3) is 0 Å². The van der Waals surface area contributed by atoms with E-state index in [9.17, 15) is 0 Å². The molecular weight excluding hydrogens is 188 g/mol. The number of fused-ring (bicyclic) bond motifs is 1. The molecule has 0 amide bonds. The predicted octanol–water partition coefficient (Wildman–Crippen LogP) is 2.26. The monoisotopic (exact) mass is 198 g/mol. The molecule has 0 unspecified atom stereocenters. The number of imidazole rings is 1. The molecule has 0 atom stereocenters. The van der Waals surface area contributed by atoms with Gasteiger partial charge in [-0.15, -0.1) is 0 Å². The number of rotatable bonds is 1. The summed E-state index contributed by atoms with van der Waals surface area (Å²) in [6.45, 7) is 1.99. The molecule has 15 heavy (non-hydrogen) atoms. The van der Waals surface area contributed by atoms with E-state index < -0.39 is 0 Å². The van der Waals surface area contributed by atoms with Gasteiger partial charge in [-0.2, -0.15) is 5.10 Å². The van der Waals surface area contributed by atoms with Gasteiger partial charge >= 0.3 is 0 Å². The Morgan fingerprint density at radius 1 is 1.20 bits per heavy atom. The van der Waals surface area contributed by atoms with Gasteiger partial charge in [-0.25, -0.2) is 4.98 Å². The zero-order valence-corrected chi connectivity index (χ0v) is 8.28. The highest BCUT2D eigenvalue weighted by molar-refractivity contribution is 5.80. The minimum absolute atomic E-state index is 0.962. The van der Waals surface area contributed by atoms with Gasteiger partial charge in [0.2, 0.25) is 0 Å². The van der Waals surface area contributed by atoms with Crippen molar-refractivity contribution in [3.8, 4) is 11.3 Å². The standard InChI is InChI=1S/C11H10N4/c1-7-4-10(15-14-7)8-2-3-9-11(5-8)13-6-12-9/h2-6H,1H3,(H,12,13)(H,14,15). The fourth-order valence-electron chi connectivity index (χ4n) is 1.66. The molecule has 0 radical (unpaired) electrons. The highest BCUT2D eigenvalue weighted by atomic mass is 15.1. The van der Waals surface area contributed by atoms with Gasteiger partial charge in [-0.1, -0.05) is 6.07 Å². The minimum Gasteiger partial charge on any atom is -0.345 e. The van der Waals surface area contributed by atoms with E-state index in [4.69, 9.17) is 0 Å². The molecule has 0 aliphatic rings. The van der Waals surface area contributed by atoms with Crippen LogP contribution in [0.15, 0.2) is 30.6 Å². The van der Waals surface area contributed by atoms with Crippen molar-refractivity contribution in [1.82, 2.24) is 20.2 Å². The van der Waals surface area contributed by atoms with Crippen molar-refractivity contribution in [1.29, 1.82) is 0 Å². The molecule has 0 spiro atoms. The van der Waals surface area contributed by atoms with Crippen LogP contribution in [0, 0.1) is 6.92 Å². The maximum absolute atomic E-state index is 4.22. The molecule has 0 aliphatic carbocycles. The summed E-state index contributed by atoms with van der Waals surface area (Å²) >= 11 is 0. The molecule has 1 aromatic carbocycles. The molecule has 2 aromatic heterocycles. The van der Waals surface area contributed by atoms with Crippen LogP contribution in [0.3, 0.4) is 0 Å². The number of aromatic amines is 2. The van der Waals surface area contributed by atoms with Gasteiger partial charge in [-0.05, 0) is 25.1 Å². The average molecular weight is 198 g/mol. The maximum atomic E-state index is 4.22. The Hall–Kier alpha value is -2.10. The lowest BCUT2D eigenvalue weighted by molar-refractivity contribution is 1.05. The molecule has 0 saturated carbocycles. The fourth-order valence-corrected chi connectivity index (χ4v) is 1.66. The molecule has 4 heteroatoms. The second-order valence-corrected chi connectivity index (χ2v) is 3.57. The summed E-state index contributed by atoms with van der Waals surface area (Å²) in [6.07, 6.45) is 1.70. The van der Waals surface area contributed by atoms with E-state index >= 15 is 0 Å². The summed E-state index contributed by atoms with van der Waals surface area (Å²) in [4.78, 5) is 7.26. The number of nitrogens with one attached hydrogen (secondary N) is 2. The van der Waals surface area contributed by atoms with E-state index in [2.05, 4.69) is 26.2 Å². The molecule has 0 saturated heterocycles. The number of nitrogens with zero attached hydrogens (tertiary/aromatic N) is 2. The quantitative estimate of drug-likeness (QED) is 0.630. The zero-order valence-electron chi connectivity index (χ0n) is 8.28. The van der Waals surface area contributed by atoms with Crippen LogP contribution in [-0.2, 0) is 0 Å². The van der Waals surface area contributed by atoms with E-state index in [-0.39, 0.29) is 0 Å². The van der Waals surface area contributed by atoms with E-state index in [0.717, 1.165) is 28.0 Å². The normalized spacial score (nSPS) is 11.0. The Balaban J connectivity index is 2.18. The third kappa shape index (κ3) is 1.30. The van der Waals surface area contributed by atoms with Crippen molar-refractivity contribution >= 4 is 11.0 Å². The number of aromatic nitrogens is 4. The lowest BCUT2D eigenvalue weighted by Gasteiger charge is -1.95. The Labute approximate surface area is 86.4 Å². The first-order valence-corrected chi connectivity index (χ1v) is 4.78. The topological polar surface area (TPSA) is 57.4 Å². The van der Waals surface area contributed by atoms with E-state index in [1.807, 2.05) is 25.1 Å². The van der Waals surface area contributed by atoms with Crippen molar-refractivity contribution in [2.24, 2.45) is 0 Å². The van der Waals surface area contributed by atoms with Gasteiger partial charge in [-0.3, -0.25) is 5.10 Å². The highest BCUT2D eigenvalue weighted by Crippen LogP contribution is 2.21. The van der Waals surface area contributed by atoms with Crippen LogP contribution in [-0.4, -0.2) is 20.2 Å². The third-order valence-electron chi connectivity index (χ3n) is 2.42. The van der Waals surface area contributed by atoms with E-state index in [1.54, 1.807) is 6.33 Å². The second-order valence-electron chi connectivity index (χ2n) is 3.57. The Morgan fingerprint density at radius 3 is 2.93 bits per heavy atom. The average Bonchev–Trinajstić information content (AvgIpc) is 2.84. The summed E-state index contributed by atoms with van der Waals surface area (Å²) in [6, 6.07) is 8.10. The van der Waals surface area contributed by atoms with Gasteiger partial charge in [0.05, 0.1) is 23.1 Å². The van der Waals surface area contributed by atoms with Gasteiger partial charge in [0, 0.05) is 11.3 Å². The van der Waals surface area contributed by atoms with Crippen molar-refractivity contribution in [3.63, 3.8) is 0 Å². The lowest BCUT2D eigenvalue weighted by Crippen LogP contribution is -1.78. The summed E-state index contributed by atoms with van der Waals surface area (Å²) in [7, 11) is 0. The minimum atomic E-state index is 0.962. The molecule has 2 heterocycles. The molecule has 0 fully saturated rings.